The van der Waals surface area contributed by atoms with E-state index in [1.54, 1.807) is 24.5 Å². The van der Waals surface area contributed by atoms with Gasteiger partial charge >= 0.3 is 0 Å². The Morgan fingerprint density at radius 1 is 1.27 bits per heavy atom. The predicted molar refractivity (Wildman–Crippen MR) is 85.6 cm³/mol. The third-order valence-electron chi connectivity index (χ3n) is 2.95. The van der Waals surface area contributed by atoms with E-state index in [4.69, 9.17) is 10.5 Å². The largest absolute Gasteiger partial charge is 0.435 e. The standard InChI is InChI=1S/C14H14N6OS/c1-8-9(2)22-14(19-8)20-12-11(15)13(18-7-17-12)21-10-4-3-5-16-6-10/h3-7H,15H2,1-2H3,(H,17,18,19,20). The van der Waals surface area contributed by atoms with Gasteiger partial charge in [-0.1, -0.05) is 0 Å². The third-order valence-corrected chi connectivity index (χ3v) is 3.94. The summed E-state index contributed by atoms with van der Waals surface area (Å²) >= 11 is 1.54. The van der Waals surface area contributed by atoms with Gasteiger partial charge in [-0.15, -0.1) is 11.3 Å². The number of thiazole rings is 1. The highest BCUT2D eigenvalue weighted by Gasteiger charge is 2.12. The Labute approximate surface area is 131 Å². The topological polar surface area (TPSA) is 98.8 Å². The molecule has 0 aliphatic carbocycles. The van der Waals surface area contributed by atoms with Crippen LogP contribution < -0.4 is 15.8 Å². The van der Waals surface area contributed by atoms with Crippen molar-refractivity contribution in [2.75, 3.05) is 11.1 Å². The zero-order valence-electron chi connectivity index (χ0n) is 12.1. The highest BCUT2D eigenvalue weighted by atomic mass is 32.1. The summed E-state index contributed by atoms with van der Waals surface area (Å²) in [5.74, 6) is 1.29. The number of hydrogen-bond acceptors (Lipinski definition) is 8. The number of pyridine rings is 1. The zero-order chi connectivity index (χ0) is 15.5. The van der Waals surface area contributed by atoms with Gasteiger partial charge in [-0.25, -0.2) is 9.97 Å². The van der Waals surface area contributed by atoms with Crippen molar-refractivity contribution in [1.82, 2.24) is 19.9 Å². The Bertz CT molecular complexity index is 770. The number of nitrogens with one attached hydrogen (secondary N) is 1. The molecule has 7 nitrogen and oxygen atoms in total. The number of nitrogen functional groups attached to an aromatic ring is 1. The van der Waals surface area contributed by atoms with Gasteiger partial charge in [0.05, 0.1) is 11.9 Å². The second-order valence-corrected chi connectivity index (χ2v) is 5.72. The van der Waals surface area contributed by atoms with Crippen molar-refractivity contribution in [1.29, 1.82) is 0 Å². The van der Waals surface area contributed by atoms with Crippen LogP contribution in [0.2, 0.25) is 0 Å². The van der Waals surface area contributed by atoms with Crippen LogP contribution in [0.1, 0.15) is 10.6 Å². The van der Waals surface area contributed by atoms with Gasteiger partial charge in [0, 0.05) is 11.1 Å². The molecule has 0 atom stereocenters. The van der Waals surface area contributed by atoms with E-state index in [2.05, 4.69) is 25.3 Å². The van der Waals surface area contributed by atoms with Gasteiger partial charge in [0.2, 0.25) is 5.88 Å². The fourth-order valence-corrected chi connectivity index (χ4v) is 2.52. The average molecular weight is 314 g/mol. The molecule has 0 amide bonds. The number of anilines is 3. The Balaban J connectivity index is 1.85. The number of rotatable bonds is 4. The quantitative estimate of drug-likeness (QED) is 0.763. The van der Waals surface area contributed by atoms with Crippen LogP contribution in [0.15, 0.2) is 30.9 Å². The second-order valence-electron chi connectivity index (χ2n) is 4.52. The zero-order valence-corrected chi connectivity index (χ0v) is 12.9. The van der Waals surface area contributed by atoms with Crippen LogP contribution in [0.4, 0.5) is 16.6 Å². The van der Waals surface area contributed by atoms with Crippen molar-refractivity contribution >= 4 is 28.0 Å². The highest BCUT2D eigenvalue weighted by molar-refractivity contribution is 7.15. The Morgan fingerprint density at radius 2 is 2.14 bits per heavy atom. The molecule has 112 valence electrons. The summed E-state index contributed by atoms with van der Waals surface area (Å²) in [4.78, 5) is 17.7. The van der Waals surface area contributed by atoms with Crippen molar-refractivity contribution in [3.05, 3.63) is 41.4 Å². The van der Waals surface area contributed by atoms with Crippen molar-refractivity contribution in [3.63, 3.8) is 0 Å². The fourth-order valence-electron chi connectivity index (χ4n) is 1.71. The molecule has 0 aliphatic rings. The monoisotopic (exact) mass is 314 g/mol. The van der Waals surface area contributed by atoms with Crippen molar-refractivity contribution in [2.45, 2.75) is 13.8 Å². The normalized spacial score (nSPS) is 10.5. The first-order valence-electron chi connectivity index (χ1n) is 6.53. The fraction of sp³-hybridized carbons (Fsp3) is 0.143. The van der Waals surface area contributed by atoms with Gasteiger partial charge in [0.1, 0.15) is 17.8 Å². The summed E-state index contributed by atoms with van der Waals surface area (Å²) in [6.45, 7) is 3.97. The van der Waals surface area contributed by atoms with Crippen LogP contribution in [-0.4, -0.2) is 19.9 Å². The molecule has 0 bridgehead atoms. The van der Waals surface area contributed by atoms with Crippen molar-refractivity contribution in [2.24, 2.45) is 0 Å². The Hall–Kier alpha value is -2.74. The lowest BCUT2D eigenvalue weighted by atomic mass is 10.4. The maximum atomic E-state index is 6.07. The first kappa shape index (κ1) is 14.2. The van der Waals surface area contributed by atoms with Gasteiger partial charge < -0.3 is 15.8 Å². The number of nitrogens with two attached hydrogens (primary N) is 1. The molecule has 0 radical (unpaired) electrons. The van der Waals surface area contributed by atoms with E-state index in [0.29, 0.717) is 17.3 Å². The van der Waals surface area contributed by atoms with Crippen LogP contribution in [-0.2, 0) is 0 Å². The number of nitrogens with zero attached hydrogens (tertiary/aromatic N) is 4. The molecule has 22 heavy (non-hydrogen) atoms. The van der Waals surface area contributed by atoms with Crippen LogP contribution in [0.5, 0.6) is 11.6 Å². The summed E-state index contributed by atoms with van der Waals surface area (Å²) in [5.41, 5.74) is 7.36. The summed E-state index contributed by atoms with van der Waals surface area (Å²) < 4.78 is 5.62. The number of aryl methyl sites for hydroxylation is 2. The summed E-state index contributed by atoms with van der Waals surface area (Å²) in [5, 5.41) is 3.83. The van der Waals surface area contributed by atoms with E-state index in [9.17, 15) is 0 Å². The summed E-state index contributed by atoms with van der Waals surface area (Å²) in [6, 6.07) is 3.54. The SMILES string of the molecule is Cc1nc(Nc2ncnc(Oc3cccnc3)c2N)sc1C. The van der Waals surface area contributed by atoms with Crippen LogP contribution >= 0.6 is 11.3 Å². The minimum atomic E-state index is 0.274. The lowest BCUT2D eigenvalue weighted by Crippen LogP contribution is -2.03. The lowest BCUT2D eigenvalue weighted by Gasteiger charge is -2.10. The predicted octanol–water partition coefficient (Wildman–Crippen LogP) is 3.06. The first-order valence-corrected chi connectivity index (χ1v) is 7.34. The highest BCUT2D eigenvalue weighted by Crippen LogP contribution is 2.32. The van der Waals surface area contributed by atoms with E-state index in [0.717, 1.165) is 15.7 Å². The molecule has 0 saturated carbocycles. The van der Waals surface area contributed by atoms with Gasteiger partial charge in [0.15, 0.2) is 10.9 Å². The van der Waals surface area contributed by atoms with Gasteiger partial charge in [-0.3, -0.25) is 4.98 Å². The van der Waals surface area contributed by atoms with Crippen molar-refractivity contribution in [3.8, 4) is 11.6 Å². The smallest absolute Gasteiger partial charge is 0.248 e. The summed E-state index contributed by atoms with van der Waals surface area (Å²) in [7, 11) is 0. The van der Waals surface area contributed by atoms with Gasteiger partial charge in [-0.2, -0.15) is 4.98 Å². The van der Waals surface area contributed by atoms with E-state index >= 15 is 0 Å². The van der Waals surface area contributed by atoms with E-state index in [1.165, 1.54) is 17.7 Å². The minimum absolute atomic E-state index is 0.274. The maximum Gasteiger partial charge on any atom is 0.248 e. The Kier molecular flexibility index (Phi) is 3.84. The van der Waals surface area contributed by atoms with E-state index in [1.807, 2.05) is 13.8 Å². The molecule has 3 rings (SSSR count). The van der Waals surface area contributed by atoms with Gasteiger partial charge in [0.25, 0.3) is 0 Å². The minimum Gasteiger partial charge on any atom is -0.435 e. The van der Waals surface area contributed by atoms with Crippen LogP contribution in [0.3, 0.4) is 0 Å². The Morgan fingerprint density at radius 3 is 2.82 bits per heavy atom. The van der Waals surface area contributed by atoms with E-state index in [-0.39, 0.29) is 5.88 Å². The van der Waals surface area contributed by atoms with Crippen molar-refractivity contribution < 1.29 is 4.74 Å². The molecule has 0 aliphatic heterocycles. The van der Waals surface area contributed by atoms with Gasteiger partial charge in [-0.05, 0) is 26.0 Å². The van der Waals surface area contributed by atoms with E-state index < -0.39 is 0 Å². The molecule has 0 unspecified atom stereocenters. The molecule has 0 saturated heterocycles. The van der Waals surface area contributed by atoms with Crippen LogP contribution in [0.25, 0.3) is 0 Å². The average Bonchev–Trinajstić information content (AvgIpc) is 2.83. The first-order chi connectivity index (χ1) is 10.6. The molecule has 0 fully saturated rings. The molecule has 8 heteroatoms. The summed E-state index contributed by atoms with van der Waals surface area (Å²) in [6.07, 6.45) is 4.64. The number of aromatic nitrogens is 4. The molecule has 0 spiro atoms. The second kappa shape index (κ2) is 5.94. The molecule has 0 aromatic carbocycles. The molecular weight excluding hydrogens is 300 g/mol. The molecule has 3 heterocycles. The number of hydrogen-bond donors (Lipinski definition) is 2. The maximum absolute atomic E-state index is 6.07. The lowest BCUT2D eigenvalue weighted by molar-refractivity contribution is 0.462. The molecule has 3 N–H and O–H groups in total. The molecular formula is C14H14N6OS. The number of ether oxygens (including phenoxy) is 1. The molecule has 3 aromatic heterocycles. The molecule has 3 aromatic rings. The third kappa shape index (κ3) is 2.96. The van der Waals surface area contributed by atoms with Crippen LogP contribution in [0, 0.1) is 13.8 Å².